The summed E-state index contributed by atoms with van der Waals surface area (Å²) in [7, 11) is 0. The highest BCUT2D eigenvalue weighted by Crippen LogP contribution is 2.21. The fourth-order valence-corrected chi connectivity index (χ4v) is 4.40. The summed E-state index contributed by atoms with van der Waals surface area (Å²) in [6.45, 7) is 0.871. The number of rotatable bonds is 7. The van der Waals surface area contributed by atoms with Crippen molar-refractivity contribution in [2.45, 2.75) is 56.0 Å². The Morgan fingerprint density at radius 3 is 2.76 bits per heavy atom. The second-order valence-electron chi connectivity index (χ2n) is 7.47. The molecule has 0 radical (unpaired) electrons. The van der Waals surface area contributed by atoms with Gasteiger partial charge in [0.15, 0.2) is 6.04 Å². The zero-order valence-corrected chi connectivity index (χ0v) is 16.7. The maximum Gasteiger partial charge on any atom is 0.278 e. The Balaban J connectivity index is 1.68. The van der Waals surface area contributed by atoms with Gasteiger partial charge in [-0.05, 0) is 11.4 Å². The maximum atomic E-state index is 12.7. The fourth-order valence-electron chi connectivity index (χ4n) is 3.65. The van der Waals surface area contributed by atoms with Crippen LogP contribution in [0.15, 0.2) is 29.2 Å². The Labute approximate surface area is 172 Å². The van der Waals surface area contributed by atoms with E-state index in [0.717, 1.165) is 24.3 Å². The number of amides is 3. The molecule has 1 aliphatic carbocycles. The molecule has 158 valence electrons. The zero-order chi connectivity index (χ0) is 21.0. The highest BCUT2D eigenvalue weighted by molar-refractivity contribution is 7.09. The van der Waals surface area contributed by atoms with E-state index >= 15 is 0 Å². The molecule has 3 amide bonds. The summed E-state index contributed by atoms with van der Waals surface area (Å²) in [6, 6.07) is 1.68. The van der Waals surface area contributed by atoms with Gasteiger partial charge in [-0.15, -0.1) is 11.3 Å². The van der Waals surface area contributed by atoms with Gasteiger partial charge < -0.3 is 31.9 Å². The Morgan fingerprint density at radius 1 is 1.34 bits per heavy atom. The highest BCUT2D eigenvalue weighted by Gasteiger charge is 2.36. The lowest BCUT2D eigenvalue weighted by molar-refractivity contribution is -0.657. The topological polar surface area (TPSA) is 158 Å². The molecule has 2 aliphatic rings. The molecule has 3 rings (SSSR count). The van der Waals surface area contributed by atoms with Crippen LogP contribution in [0.4, 0.5) is 0 Å². The Kier molecular flexibility index (Phi) is 7.01. The monoisotopic (exact) mass is 423 g/mol. The summed E-state index contributed by atoms with van der Waals surface area (Å²) in [5, 5.41) is 29.5. The average Bonchev–Trinajstić information content (AvgIpc) is 3.38. The number of thiophene rings is 1. The molecule has 1 aromatic heterocycles. The molecule has 1 saturated heterocycles. The van der Waals surface area contributed by atoms with E-state index in [9.17, 15) is 24.6 Å². The van der Waals surface area contributed by atoms with Gasteiger partial charge in [0.2, 0.25) is 11.8 Å². The van der Waals surface area contributed by atoms with Crippen LogP contribution >= 0.6 is 11.3 Å². The number of nitrogens with one attached hydrogen (secondary N) is 2. The Bertz CT molecular complexity index is 776. The molecule has 10 heteroatoms. The number of nitrogens with two attached hydrogens (primary N) is 2. The molecule has 8 N–H and O–H groups in total. The number of hydrogen-bond donors (Lipinski definition) is 6. The van der Waals surface area contributed by atoms with Crippen LogP contribution in [0.25, 0.3) is 0 Å². The van der Waals surface area contributed by atoms with Gasteiger partial charge in [-0.1, -0.05) is 12.1 Å². The summed E-state index contributed by atoms with van der Waals surface area (Å²) in [4.78, 5) is 37.7. The predicted molar refractivity (Wildman–Crippen MR) is 106 cm³/mol. The molecule has 0 unspecified atom stereocenters. The van der Waals surface area contributed by atoms with Crippen LogP contribution in [0.2, 0.25) is 0 Å². The second kappa shape index (κ2) is 9.49. The van der Waals surface area contributed by atoms with E-state index in [0.29, 0.717) is 0 Å². The Hall–Kier alpha value is -2.27. The van der Waals surface area contributed by atoms with E-state index < -0.39 is 36.1 Å². The molecular weight excluding hydrogens is 396 g/mol. The van der Waals surface area contributed by atoms with Crippen LogP contribution in [0.5, 0.6) is 0 Å². The third-order valence-corrected chi connectivity index (χ3v) is 6.21. The number of aliphatic hydroxyl groups is 2. The van der Waals surface area contributed by atoms with Crippen molar-refractivity contribution in [3.8, 4) is 0 Å². The molecule has 1 aliphatic heterocycles. The quantitative estimate of drug-likeness (QED) is 0.286. The van der Waals surface area contributed by atoms with Crippen molar-refractivity contribution in [1.29, 1.82) is 0 Å². The molecule has 29 heavy (non-hydrogen) atoms. The molecule has 2 heterocycles. The SMILES string of the molecule is NC(=O)[C@H](Cc1cccs1)NC(=O)C1=C[C@@H](NC(=O)[C@H]2CCC[NH2+]2)[C@@H](O)[C@H](O)C1. The molecule has 1 fully saturated rings. The molecule has 9 nitrogen and oxygen atoms in total. The second-order valence-corrected chi connectivity index (χ2v) is 8.51. The van der Waals surface area contributed by atoms with Crippen molar-refractivity contribution in [2.75, 3.05) is 6.54 Å². The number of hydrogen-bond acceptors (Lipinski definition) is 6. The van der Waals surface area contributed by atoms with Gasteiger partial charge in [-0.3, -0.25) is 14.4 Å². The van der Waals surface area contributed by atoms with Gasteiger partial charge in [-0.2, -0.15) is 0 Å². The van der Waals surface area contributed by atoms with Gasteiger partial charge in [0, 0.05) is 36.1 Å². The summed E-state index contributed by atoms with van der Waals surface area (Å²) >= 11 is 1.45. The number of carbonyl (C=O) groups excluding carboxylic acids is 3. The molecule has 1 aromatic rings. The van der Waals surface area contributed by atoms with Crippen molar-refractivity contribution in [2.24, 2.45) is 5.73 Å². The minimum absolute atomic E-state index is 0.0839. The van der Waals surface area contributed by atoms with Crippen molar-refractivity contribution >= 4 is 29.1 Å². The lowest BCUT2D eigenvalue weighted by atomic mass is 9.89. The van der Waals surface area contributed by atoms with Crippen LogP contribution < -0.4 is 21.7 Å². The average molecular weight is 424 g/mol. The predicted octanol–water partition coefficient (Wildman–Crippen LogP) is -2.48. The van der Waals surface area contributed by atoms with Gasteiger partial charge in [0.1, 0.15) is 12.1 Å². The van der Waals surface area contributed by atoms with Crippen LogP contribution in [-0.2, 0) is 20.8 Å². The minimum atomic E-state index is -1.21. The third kappa shape index (κ3) is 5.41. The molecule has 0 aromatic carbocycles. The molecule has 0 bridgehead atoms. The summed E-state index contributed by atoms with van der Waals surface area (Å²) in [5.41, 5.74) is 5.62. The lowest BCUT2D eigenvalue weighted by Gasteiger charge is -2.31. The Morgan fingerprint density at radius 2 is 2.14 bits per heavy atom. The summed E-state index contributed by atoms with van der Waals surface area (Å²) in [5.74, 6) is -1.45. The first-order valence-electron chi connectivity index (χ1n) is 9.68. The van der Waals surface area contributed by atoms with Crippen molar-refractivity contribution in [3.63, 3.8) is 0 Å². The van der Waals surface area contributed by atoms with E-state index in [1.54, 1.807) is 0 Å². The van der Waals surface area contributed by atoms with Crippen LogP contribution in [-0.4, -0.2) is 64.8 Å². The minimum Gasteiger partial charge on any atom is -0.390 e. The van der Waals surface area contributed by atoms with Gasteiger partial charge in [0.25, 0.3) is 5.91 Å². The highest BCUT2D eigenvalue weighted by atomic mass is 32.1. The number of primary amides is 1. The van der Waals surface area contributed by atoms with E-state index in [-0.39, 0.29) is 30.4 Å². The van der Waals surface area contributed by atoms with Crippen molar-refractivity contribution in [1.82, 2.24) is 10.6 Å². The number of aliphatic hydroxyl groups excluding tert-OH is 2. The van der Waals surface area contributed by atoms with Crippen LogP contribution in [0.3, 0.4) is 0 Å². The molecule has 0 spiro atoms. The van der Waals surface area contributed by atoms with E-state index in [2.05, 4.69) is 10.6 Å². The van der Waals surface area contributed by atoms with Crippen LogP contribution in [0, 0.1) is 0 Å². The molecule has 5 atom stereocenters. The van der Waals surface area contributed by atoms with Crippen molar-refractivity contribution < 1.29 is 29.9 Å². The summed E-state index contributed by atoms with van der Waals surface area (Å²) in [6.07, 6.45) is 0.905. The zero-order valence-electron chi connectivity index (χ0n) is 15.9. The fraction of sp³-hybridized carbons (Fsp3) is 0.526. The lowest BCUT2D eigenvalue weighted by Crippen LogP contribution is -2.89. The molecular formula is C19H27N4O5S+. The van der Waals surface area contributed by atoms with Crippen molar-refractivity contribution in [3.05, 3.63) is 34.0 Å². The standard InChI is InChI=1S/C19H26N4O5S/c20-17(26)14(9-11-3-2-6-29-11)23-18(27)10-7-13(16(25)15(24)8-10)22-19(28)12-4-1-5-21-12/h2-3,6-7,12-16,21,24-25H,1,4-5,8-9H2,(H2,20,26)(H,22,28)(H,23,27)/p+1/t12-,13-,14+,15-,16-/m1/s1. The first-order chi connectivity index (χ1) is 13.8. The van der Waals surface area contributed by atoms with Gasteiger partial charge in [-0.25, -0.2) is 0 Å². The van der Waals surface area contributed by atoms with E-state index in [1.807, 2.05) is 22.8 Å². The number of quaternary nitrogens is 1. The number of carbonyl (C=O) groups is 3. The van der Waals surface area contributed by atoms with E-state index in [4.69, 9.17) is 5.73 Å². The first-order valence-corrected chi connectivity index (χ1v) is 10.6. The molecule has 0 saturated carbocycles. The van der Waals surface area contributed by atoms with Gasteiger partial charge >= 0.3 is 0 Å². The van der Waals surface area contributed by atoms with Gasteiger partial charge in [0.05, 0.1) is 18.7 Å². The van der Waals surface area contributed by atoms with E-state index in [1.165, 1.54) is 17.4 Å². The van der Waals surface area contributed by atoms with Crippen LogP contribution in [0.1, 0.15) is 24.1 Å². The first kappa shape index (κ1) is 21.4. The third-order valence-electron chi connectivity index (χ3n) is 5.31. The largest absolute Gasteiger partial charge is 0.390 e. The smallest absolute Gasteiger partial charge is 0.278 e. The summed E-state index contributed by atoms with van der Waals surface area (Å²) < 4.78 is 0. The normalized spacial score (nSPS) is 27.7. The maximum absolute atomic E-state index is 12.7.